The lowest BCUT2D eigenvalue weighted by Gasteiger charge is -2.26. The van der Waals surface area contributed by atoms with Gasteiger partial charge in [-0.25, -0.2) is 14.8 Å². The number of aryl methyl sites for hydroxylation is 1. The van der Waals surface area contributed by atoms with Crippen LogP contribution in [0.25, 0.3) is 11.0 Å². The molecule has 0 saturated carbocycles. The normalized spacial score (nSPS) is 16.2. The van der Waals surface area contributed by atoms with Crippen LogP contribution in [0.5, 0.6) is 0 Å². The number of morpholine rings is 1. The second-order valence-electron chi connectivity index (χ2n) is 7.81. The average molecular weight is 394 g/mol. The minimum Gasteiger partial charge on any atom is -0.379 e. The van der Waals surface area contributed by atoms with Crippen molar-refractivity contribution in [3.05, 3.63) is 26.7 Å². The number of rotatable bonds is 4. The first-order valence-corrected chi connectivity index (χ1v) is 10.1. The van der Waals surface area contributed by atoms with Gasteiger partial charge in [-0.05, 0) is 0 Å². The van der Waals surface area contributed by atoms with Gasteiger partial charge >= 0.3 is 5.69 Å². The zero-order valence-corrected chi connectivity index (χ0v) is 17.4. The van der Waals surface area contributed by atoms with E-state index in [-0.39, 0.29) is 16.7 Å². The molecule has 1 aliphatic heterocycles. The second-order valence-corrected chi connectivity index (χ2v) is 8.89. The van der Waals surface area contributed by atoms with Crippen LogP contribution < -0.4 is 11.2 Å². The molecule has 27 heavy (non-hydrogen) atoms. The summed E-state index contributed by atoms with van der Waals surface area (Å²) >= 11 is 1.55. The summed E-state index contributed by atoms with van der Waals surface area (Å²) in [6.45, 7) is 10.3. The van der Waals surface area contributed by atoms with E-state index in [1.807, 2.05) is 20.8 Å². The van der Waals surface area contributed by atoms with Crippen LogP contribution in [-0.2, 0) is 24.2 Å². The third-order valence-electron chi connectivity index (χ3n) is 4.69. The van der Waals surface area contributed by atoms with E-state index >= 15 is 0 Å². The number of nitrogens with zero attached hydrogens (tertiary/aromatic N) is 5. The predicted octanol–water partition coefficient (Wildman–Crippen LogP) is 0.749. The molecule has 8 nitrogen and oxygen atoms in total. The lowest BCUT2D eigenvalue weighted by Crippen LogP contribution is -2.38. The van der Waals surface area contributed by atoms with Gasteiger partial charge in [-0.2, -0.15) is 0 Å². The van der Waals surface area contributed by atoms with Gasteiger partial charge in [0, 0.05) is 44.9 Å². The summed E-state index contributed by atoms with van der Waals surface area (Å²) in [7, 11) is 3.13. The van der Waals surface area contributed by atoms with Crippen molar-refractivity contribution in [1.82, 2.24) is 24.0 Å². The maximum Gasteiger partial charge on any atom is 0.332 e. The molecule has 9 heteroatoms. The number of aromatic nitrogens is 4. The Morgan fingerprint density at radius 2 is 1.74 bits per heavy atom. The fraction of sp³-hybridized carbons (Fsp3) is 0.667. The fourth-order valence-electron chi connectivity index (χ4n) is 2.96. The van der Waals surface area contributed by atoms with Gasteiger partial charge in [0.05, 0.1) is 13.2 Å². The fourth-order valence-corrected chi connectivity index (χ4v) is 3.98. The number of fused-ring (bicyclic) bond motifs is 1. The minimum atomic E-state index is -0.379. The highest BCUT2D eigenvalue weighted by atomic mass is 32.2. The van der Waals surface area contributed by atoms with Gasteiger partial charge in [-0.3, -0.25) is 18.8 Å². The summed E-state index contributed by atoms with van der Waals surface area (Å²) in [5.74, 6) is 1.44. The van der Waals surface area contributed by atoms with Crippen molar-refractivity contribution in [3.63, 3.8) is 0 Å². The van der Waals surface area contributed by atoms with Gasteiger partial charge in [0.1, 0.15) is 16.2 Å². The maximum atomic E-state index is 12.8. The molecule has 3 heterocycles. The lowest BCUT2D eigenvalue weighted by atomic mass is 9.96. The van der Waals surface area contributed by atoms with Crippen LogP contribution in [-0.4, -0.2) is 62.6 Å². The van der Waals surface area contributed by atoms with Crippen LogP contribution in [0.2, 0.25) is 0 Å². The third-order valence-corrected chi connectivity index (χ3v) is 5.64. The van der Waals surface area contributed by atoms with Crippen LogP contribution in [0.3, 0.4) is 0 Å². The van der Waals surface area contributed by atoms with E-state index in [9.17, 15) is 9.59 Å². The van der Waals surface area contributed by atoms with Crippen molar-refractivity contribution in [2.45, 2.75) is 31.2 Å². The first-order valence-electron chi connectivity index (χ1n) is 9.11. The average Bonchev–Trinajstić information content (AvgIpc) is 2.64. The van der Waals surface area contributed by atoms with Crippen molar-refractivity contribution < 1.29 is 4.74 Å². The highest BCUT2D eigenvalue weighted by molar-refractivity contribution is 7.99. The van der Waals surface area contributed by atoms with E-state index in [0.29, 0.717) is 21.9 Å². The zero-order chi connectivity index (χ0) is 19.8. The van der Waals surface area contributed by atoms with Crippen LogP contribution in [0, 0.1) is 0 Å². The van der Waals surface area contributed by atoms with Crippen LogP contribution in [0.1, 0.15) is 26.6 Å². The minimum absolute atomic E-state index is 0.287. The Hall–Kier alpha value is -1.71. The Labute approximate surface area is 162 Å². The molecule has 0 N–H and O–H groups in total. The molecule has 0 amide bonds. The van der Waals surface area contributed by atoms with Gasteiger partial charge in [0.25, 0.3) is 5.56 Å². The summed E-state index contributed by atoms with van der Waals surface area (Å²) in [5.41, 5.74) is -0.611. The first-order chi connectivity index (χ1) is 12.7. The molecule has 0 unspecified atom stereocenters. The standard InChI is InChI=1S/C18H27N5O3S/c1-18(2,3)16-19-13-12(15(24)22(5)17(25)21(13)4)14(20-16)27-11-8-23-6-9-26-10-7-23/h6-11H2,1-5H3. The predicted molar refractivity (Wildman–Crippen MR) is 107 cm³/mol. The van der Waals surface area contributed by atoms with E-state index in [0.717, 1.165) is 43.2 Å². The topological polar surface area (TPSA) is 82.2 Å². The van der Waals surface area contributed by atoms with E-state index in [1.54, 1.807) is 18.8 Å². The molecule has 2 aromatic heterocycles. The molecule has 1 aliphatic rings. The first kappa shape index (κ1) is 20.0. The van der Waals surface area contributed by atoms with Gasteiger partial charge in [-0.1, -0.05) is 20.8 Å². The largest absolute Gasteiger partial charge is 0.379 e. The van der Waals surface area contributed by atoms with E-state index < -0.39 is 0 Å². The molecule has 1 fully saturated rings. The van der Waals surface area contributed by atoms with E-state index in [1.165, 1.54) is 11.6 Å². The summed E-state index contributed by atoms with van der Waals surface area (Å²) in [6.07, 6.45) is 0. The Morgan fingerprint density at radius 1 is 1.07 bits per heavy atom. The Kier molecular flexibility index (Phi) is 5.73. The highest BCUT2D eigenvalue weighted by Gasteiger charge is 2.23. The molecule has 3 rings (SSSR count). The molecule has 148 valence electrons. The van der Waals surface area contributed by atoms with Crippen LogP contribution >= 0.6 is 11.8 Å². The number of hydrogen-bond acceptors (Lipinski definition) is 7. The maximum absolute atomic E-state index is 12.8. The molecule has 0 atom stereocenters. The summed E-state index contributed by atoms with van der Waals surface area (Å²) < 4.78 is 7.93. The van der Waals surface area contributed by atoms with Crippen molar-refractivity contribution in [1.29, 1.82) is 0 Å². The van der Waals surface area contributed by atoms with Gasteiger partial charge in [0.2, 0.25) is 0 Å². The molecule has 0 aromatic carbocycles. The molecule has 2 aromatic rings. The number of ether oxygens (including phenoxy) is 1. The summed E-state index contributed by atoms with van der Waals surface area (Å²) in [6, 6.07) is 0. The molecule has 0 spiro atoms. The molecular formula is C18H27N5O3S. The summed E-state index contributed by atoms with van der Waals surface area (Å²) in [5, 5.41) is 1.06. The molecule has 0 bridgehead atoms. The van der Waals surface area contributed by atoms with Gasteiger partial charge in [-0.15, -0.1) is 11.8 Å². The van der Waals surface area contributed by atoms with Crippen molar-refractivity contribution >= 4 is 22.8 Å². The molecule has 1 saturated heterocycles. The second kappa shape index (κ2) is 7.73. The SMILES string of the molecule is Cn1c(=O)c2c(SCCN3CCOCC3)nc(C(C)(C)C)nc2n(C)c1=O. The van der Waals surface area contributed by atoms with Crippen LogP contribution in [0.4, 0.5) is 0 Å². The Balaban J connectivity index is 2.03. The van der Waals surface area contributed by atoms with Gasteiger partial charge < -0.3 is 4.74 Å². The molecule has 0 radical (unpaired) electrons. The van der Waals surface area contributed by atoms with Crippen molar-refractivity contribution in [2.24, 2.45) is 14.1 Å². The highest BCUT2D eigenvalue weighted by Crippen LogP contribution is 2.27. The quantitative estimate of drug-likeness (QED) is 0.560. The van der Waals surface area contributed by atoms with Crippen molar-refractivity contribution in [2.75, 3.05) is 38.6 Å². The van der Waals surface area contributed by atoms with Crippen LogP contribution in [0.15, 0.2) is 14.6 Å². The van der Waals surface area contributed by atoms with Gasteiger partial charge in [0.15, 0.2) is 5.65 Å². The molecular weight excluding hydrogens is 366 g/mol. The lowest BCUT2D eigenvalue weighted by molar-refractivity contribution is 0.0410. The summed E-state index contributed by atoms with van der Waals surface area (Å²) in [4.78, 5) is 36.7. The Bertz CT molecular complexity index is 955. The van der Waals surface area contributed by atoms with E-state index in [2.05, 4.69) is 9.88 Å². The number of thioether (sulfide) groups is 1. The smallest absolute Gasteiger partial charge is 0.332 e. The monoisotopic (exact) mass is 393 g/mol. The third kappa shape index (κ3) is 4.09. The zero-order valence-electron chi connectivity index (χ0n) is 16.6. The molecule has 0 aliphatic carbocycles. The number of hydrogen-bond donors (Lipinski definition) is 0. The Morgan fingerprint density at radius 3 is 2.37 bits per heavy atom. The van der Waals surface area contributed by atoms with Crippen molar-refractivity contribution in [3.8, 4) is 0 Å². The van der Waals surface area contributed by atoms with E-state index in [4.69, 9.17) is 9.72 Å².